The van der Waals surface area contributed by atoms with Crippen molar-refractivity contribution in [1.29, 1.82) is 0 Å². The van der Waals surface area contributed by atoms with Gasteiger partial charge in [0.05, 0.1) is 17.5 Å². The Labute approximate surface area is 142 Å². The van der Waals surface area contributed by atoms with Crippen LogP contribution in [-0.2, 0) is 7.05 Å². The van der Waals surface area contributed by atoms with Gasteiger partial charge < -0.3 is 9.47 Å². The molecule has 4 rings (SSSR count). The third kappa shape index (κ3) is 2.81. The summed E-state index contributed by atoms with van der Waals surface area (Å²) in [4.78, 5) is 16.6. The predicted molar refractivity (Wildman–Crippen MR) is 90.2 cm³/mol. The fourth-order valence-electron chi connectivity index (χ4n) is 2.33. The molecule has 3 aromatic rings. The minimum atomic E-state index is -0.0965. The molecule has 0 N–H and O–H groups in total. The van der Waals surface area contributed by atoms with Gasteiger partial charge in [0, 0.05) is 24.2 Å². The zero-order valence-corrected chi connectivity index (χ0v) is 13.6. The molecular weight excluding hydrogens is 326 g/mol. The Hall–Kier alpha value is -2.93. The summed E-state index contributed by atoms with van der Waals surface area (Å²) >= 11 is 1.51. The number of carbonyl (C=O) groups is 1. The van der Waals surface area contributed by atoms with E-state index in [9.17, 15) is 4.79 Å². The Kier molecular flexibility index (Phi) is 3.62. The van der Waals surface area contributed by atoms with Crippen molar-refractivity contribution >= 4 is 23.2 Å². The van der Waals surface area contributed by atoms with Gasteiger partial charge in [0.2, 0.25) is 6.79 Å². The lowest BCUT2D eigenvalue weighted by molar-refractivity contribution is 0.104. The summed E-state index contributed by atoms with van der Waals surface area (Å²) in [5.74, 6) is 1.38. The first-order valence-corrected chi connectivity index (χ1v) is 8.13. The Morgan fingerprint density at radius 1 is 1.33 bits per heavy atom. The third-order valence-corrected chi connectivity index (χ3v) is 4.45. The lowest BCUT2D eigenvalue weighted by atomic mass is 10.2. The molecule has 0 spiro atoms. The van der Waals surface area contributed by atoms with Crippen LogP contribution < -0.4 is 9.47 Å². The number of ketones is 1. The highest BCUT2D eigenvalue weighted by molar-refractivity contribution is 7.13. The molecule has 0 bridgehead atoms. The van der Waals surface area contributed by atoms with Gasteiger partial charge in [0.25, 0.3) is 0 Å². The van der Waals surface area contributed by atoms with Crippen LogP contribution >= 0.6 is 11.3 Å². The largest absolute Gasteiger partial charge is 0.454 e. The van der Waals surface area contributed by atoms with Gasteiger partial charge >= 0.3 is 0 Å². The number of nitrogens with zero attached hydrogens (tertiary/aromatic N) is 3. The summed E-state index contributed by atoms with van der Waals surface area (Å²) in [5, 5.41) is 6.76. The number of thiazole rings is 1. The number of hydrogen-bond donors (Lipinski definition) is 0. The monoisotopic (exact) mass is 339 g/mol. The van der Waals surface area contributed by atoms with Crippen molar-refractivity contribution in [2.24, 2.45) is 7.05 Å². The van der Waals surface area contributed by atoms with Crippen molar-refractivity contribution < 1.29 is 14.3 Å². The van der Waals surface area contributed by atoms with Gasteiger partial charge in [0.15, 0.2) is 17.3 Å². The van der Waals surface area contributed by atoms with Gasteiger partial charge in [-0.3, -0.25) is 9.48 Å². The third-order valence-electron chi connectivity index (χ3n) is 3.54. The second-order valence-corrected chi connectivity index (χ2v) is 6.10. The van der Waals surface area contributed by atoms with E-state index in [-0.39, 0.29) is 12.6 Å². The van der Waals surface area contributed by atoms with Crippen molar-refractivity contribution in [3.8, 4) is 22.1 Å². The average molecular weight is 339 g/mol. The number of rotatable bonds is 4. The number of allylic oxidation sites excluding steroid dienone is 1. The van der Waals surface area contributed by atoms with Crippen LogP contribution in [0.3, 0.4) is 0 Å². The molecule has 3 heterocycles. The Morgan fingerprint density at radius 3 is 3.04 bits per heavy atom. The average Bonchev–Trinajstić information content (AvgIpc) is 3.32. The molecule has 0 saturated heterocycles. The first-order valence-electron chi connectivity index (χ1n) is 7.26. The normalized spacial score (nSPS) is 12.9. The Balaban J connectivity index is 1.52. The van der Waals surface area contributed by atoms with Crippen LogP contribution in [0.2, 0.25) is 0 Å². The SMILES string of the molecule is Cn1cc(C(=O)/C=C/c2csc(-c3ccc4c(c3)OCO4)n2)cn1. The van der Waals surface area contributed by atoms with Gasteiger partial charge in [-0.1, -0.05) is 0 Å². The highest BCUT2D eigenvalue weighted by Crippen LogP contribution is 2.36. The highest BCUT2D eigenvalue weighted by Gasteiger charge is 2.15. The van der Waals surface area contributed by atoms with E-state index < -0.39 is 0 Å². The molecule has 24 heavy (non-hydrogen) atoms. The topological polar surface area (TPSA) is 66.2 Å². The van der Waals surface area contributed by atoms with E-state index in [4.69, 9.17) is 9.47 Å². The summed E-state index contributed by atoms with van der Waals surface area (Å²) in [6.07, 6.45) is 6.45. The predicted octanol–water partition coefficient (Wildman–Crippen LogP) is 3.17. The zero-order valence-electron chi connectivity index (χ0n) is 12.8. The van der Waals surface area contributed by atoms with Crippen molar-refractivity contribution in [2.75, 3.05) is 6.79 Å². The first kappa shape index (κ1) is 14.6. The lowest BCUT2D eigenvalue weighted by Gasteiger charge is -1.98. The van der Waals surface area contributed by atoms with Crippen molar-refractivity contribution in [3.63, 3.8) is 0 Å². The van der Waals surface area contributed by atoms with E-state index >= 15 is 0 Å². The number of ether oxygens (including phenoxy) is 2. The summed E-state index contributed by atoms with van der Waals surface area (Å²) in [7, 11) is 1.78. The molecule has 2 aromatic heterocycles. The molecule has 7 heteroatoms. The number of hydrogen-bond acceptors (Lipinski definition) is 6. The van der Waals surface area contributed by atoms with Crippen molar-refractivity contribution in [1.82, 2.24) is 14.8 Å². The quantitative estimate of drug-likeness (QED) is 0.539. The van der Waals surface area contributed by atoms with Gasteiger partial charge in [-0.15, -0.1) is 11.3 Å². The Bertz CT molecular complexity index is 942. The number of carbonyl (C=O) groups excluding carboxylic acids is 1. The molecule has 1 aliphatic rings. The minimum Gasteiger partial charge on any atom is -0.454 e. The van der Waals surface area contributed by atoms with E-state index in [0.717, 1.165) is 27.8 Å². The maximum absolute atomic E-state index is 12.0. The van der Waals surface area contributed by atoms with E-state index in [0.29, 0.717) is 5.56 Å². The van der Waals surface area contributed by atoms with Crippen LogP contribution in [0.25, 0.3) is 16.6 Å². The van der Waals surface area contributed by atoms with Gasteiger partial charge in [-0.05, 0) is 30.4 Å². The molecule has 0 amide bonds. The highest BCUT2D eigenvalue weighted by atomic mass is 32.1. The summed E-state index contributed by atoms with van der Waals surface area (Å²) in [6, 6.07) is 5.73. The van der Waals surface area contributed by atoms with Crippen LogP contribution in [0.5, 0.6) is 11.5 Å². The van der Waals surface area contributed by atoms with Gasteiger partial charge in [-0.2, -0.15) is 5.10 Å². The number of aryl methyl sites for hydroxylation is 1. The fraction of sp³-hybridized carbons (Fsp3) is 0.118. The molecule has 0 saturated carbocycles. The van der Waals surface area contributed by atoms with E-state index in [1.807, 2.05) is 23.6 Å². The van der Waals surface area contributed by atoms with Crippen molar-refractivity contribution in [2.45, 2.75) is 0 Å². The van der Waals surface area contributed by atoms with Gasteiger partial charge in [0.1, 0.15) is 5.01 Å². The molecule has 0 aliphatic carbocycles. The molecule has 1 aromatic carbocycles. The van der Waals surface area contributed by atoms with E-state index in [2.05, 4.69) is 10.1 Å². The fourth-order valence-corrected chi connectivity index (χ4v) is 3.12. The van der Waals surface area contributed by atoms with E-state index in [1.54, 1.807) is 30.2 Å². The molecular formula is C17H13N3O3S. The number of fused-ring (bicyclic) bond motifs is 1. The van der Waals surface area contributed by atoms with Gasteiger partial charge in [-0.25, -0.2) is 4.98 Å². The summed E-state index contributed by atoms with van der Waals surface area (Å²) < 4.78 is 12.3. The molecule has 120 valence electrons. The van der Waals surface area contributed by atoms with Crippen LogP contribution in [0, 0.1) is 0 Å². The molecule has 0 atom stereocenters. The van der Waals surface area contributed by atoms with Crippen molar-refractivity contribution in [3.05, 3.63) is 53.3 Å². The lowest BCUT2D eigenvalue weighted by Crippen LogP contribution is -1.92. The second kappa shape index (κ2) is 5.93. The summed E-state index contributed by atoms with van der Waals surface area (Å²) in [5.41, 5.74) is 2.26. The molecule has 1 aliphatic heterocycles. The maximum Gasteiger partial charge on any atom is 0.231 e. The number of aromatic nitrogens is 3. The molecule has 6 nitrogen and oxygen atoms in total. The van der Waals surface area contributed by atoms with Crippen LogP contribution in [0.4, 0.5) is 0 Å². The molecule has 0 unspecified atom stereocenters. The van der Waals surface area contributed by atoms with Crippen LogP contribution in [0.1, 0.15) is 16.1 Å². The van der Waals surface area contributed by atoms with E-state index in [1.165, 1.54) is 17.4 Å². The second-order valence-electron chi connectivity index (χ2n) is 5.25. The summed E-state index contributed by atoms with van der Waals surface area (Å²) in [6.45, 7) is 0.251. The standard InChI is InChI=1S/C17H13N3O3S/c1-20-8-12(7-18-20)14(21)4-3-13-9-24-17(19-13)11-2-5-15-16(6-11)23-10-22-15/h2-9H,10H2,1H3/b4-3+. The molecule has 0 radical (unpaired) electrons. The van der Waals surface area contributed by atoms with Crippen LogP contribution in [-0.4, -0.2) is 27.3 Å². The maximum atomic E-state index is 12.0. The smallest absolute Gasteiger partial charge is 0.231 e. The van der Waals surface area contributed by atoms with Crippen LogP contribution in [0.15, 0.2) is 42.0 Å². The first-order chi connectivity index (χ1) is 11.7. The number of benzene rings is 1. The minimum absolute atomic E-state index is 0.0965. The Morgan fingerprint density at radius 2 is 2.21 bits per heavy atom. The molecule has 0 fully saturated rings. The zero-order chi connectivity index (χ0) is 16.5.